The number of aromatic nitrogens is 1. The number of nitrogens with zero attached hydrogens (tertiary/aromatic N) is 1. The molecule has 0 saturated carbocycles. The summed E-state index contributed by atoms with van der Waals surface area (Å²) in [7, 11) is 0. The van der Waals surface area contributed by atoms with Crippen LogP contribution in [0, 0.1) is 6.92 Å². The van der Waals surface area contributed by atoms with Gasteiger partial charge in [-0.05, 0) is 12.5 Å². The monoisotopic (exact) mass is 213 g/mol. The van der Waals surface area contributed by atoms with Crippen molar-refractivity contribution in [1.29, 1.82) is 0 Å². The van der Waals surface area contributed by atoms with Crippen LogP contribution in [0.15, 0.2) is 0 Å². The highest BCUT2D eigenvalue weighted by Gasteiger charge is 2.15. The van der Waals surface area contributed by atoms with Gasteiger partial charge in [0.05, 0.1) is 32.1 Å². The molecular formula is C10H15NO4. The second kappa shape index (κ2) is 5.18. The van der Waals surface area contributed by atoms with E-state index in [1.54, 1.807) is 6.92 Å². The summed E-state index contributed by atoms with van der Waals surface area (Å²) in [6.45, 7) is 0.544. The van der Waals surface area contributed by atoms with Gasteiger partial charge in [-0.3, -0.25) is 4.98 Å². The molecule has 0 aromatic carbocycles. The predicted octanol–water partition coefficient (Wildman–Crippen LogP) is -0.641. The zero-order chi connectivity index (χ0) is 11.4. The van der Waals surface area contributed by atoms with Gasteiger partial charge in [-0.25, -0.2) is 0 Å². The highest BCUT2D eigenvalue weighted by molar-refractivity contribution is 5.39. The number of aliphatic hydroxyl groups excluding tert-OH is 4. The summed E-state index contributed by atoms with van der Waals surface area (Å²) in [5, 5.41) is 36.5. The molecule has 0 unspecified atom stereocenters. The van der Waals surface area contributed by atoms with Gasteiger partial charge in [-0.1, -0.05) is 0 Å². The number of aliphatic hydroxyl groups is 4. The molecule has 0 aliphatic heterocycles. The maximum absolute atomic E-state index is 9.17. The Balaban J connectivity index is 3.44. The normalized spacial score (nSPS) is 10.7. The van der Waals surface area contributed by atoms with Crippen LogP contribution >= 0.6 is 0 Å². The molecule has 1 aromatic heterocycles. The molecule has 5 nitrogen and oxygen atoms in total. The van der Waals surface area contributed by atoms with Crippen molar-refractivity contribution in [2.24, 2.45) is 0 Å². The molecule has 0 bridgehead atoms. The first-order valence-electron chi connectivity index (χ1n) is 4.63. The summed E-state index contributed by atoms with van der Waals surface area (Å²) >= 11 is 0. The average Bonchev–Trinajstić information content (AvgIpc) is 2.27. The van der Waals surface area contributed by atoms with E-state index in [1.165, 1.54) is 0 Å². The van der Waals surface area contributed by atoms with Gasteiger partial charge in [0.25, 0.3) is 0 Å². The average molecular weight is 213 g/mol. The molecule has 15 heavy (non-hydrogen) atoms. The van der Waals surface area contributed by atoms with Gasteiger partial charge in [-0.15, -0.1) is 0 Å². The quantitative estimate of drug-likeness (QED) is 0.533. The van der Waals surface area contributed by atoms with Gasteiger partial charge in [0.15, 0.2) is 0 Å². The Bertz CT molecular complexity index is 352. The fourth-order valence-electron chi connectivity index (χ4n) is 1.63. The van der Waals surface area contributed by atoms with Crippen molar-refractivity contribution in [3.8, 4) is 0 Å². The van der Waals surface area contributed by atoms with Crippen LogP contribution in [-0.4, -0.2) is 25.4 Å². The van der Waals surface area contributed by atoms with Crippen molar-refractivity contribution in [2.75, 3.05) is 0 Å². The van der Waals surface area contributed by atoms with Crippen LogP contribution in [0.2, 0.25) is 0 Å². The maximum Gasteiger partial charge on any atom is 0.0856 e. The van der Waals surface area contributed by atoms with E-state index >= 15 is 0 Å². The van der Waals surface area contributed by atoms with Crippen LogP contribution in [0.3, 0.4) is 0 Å². The second-order valence-corrected chi connectivity index (χ2v) is 3.21. The van der Waals surface area contributed by atoms with Gasteiger partial charge in [-0.2, -0.15) is 0 Å². The molecule has 5 heteroatoms. The lowest BCUT2D eigenvalue weighted by atomic mass is 10.00. The largest absolute Gasteiger partial charge is 0.392 e. The van der Waals surface area contributed by atoms with Crippen LogP contribution < -0.4 is 0 Å². The molecule has 1 rings (SSSR count). The van der Waals surface area contributed by atoms with E-state index in [-0.39, 0.29) is 26.4 Å². The Morgan fingerprint density at radius 2 is 1.33 bits per heavy atom. The molecule has 84 valence electrons. The fraction of sp³-hybridized carbons (Fsp3) is 0.500. The summed E-state index contributed by atoms with van der Waals surface area (Å²) in [4.78, 5) is 4.06. The van der Waals surface area contributed by atoms with Gasteiger partial charge in [0.1, 0.15) is 0 Å². The number of rotatable bonds is 4. The molecule has 1 aromatic rings. The van der Waals surface area contributed by atoms with Gasteiger partial charge in [0, 0.05) is 16.8 Å². The molecule has 0 atom stereocenters. The van der Waals surface area contributed by atoms with E-state index in [9.17, 15) is 5.11 Å². The third kappa shape index (κ3) is 2.15. The number of aryl methyl sites for hydroxylation is 1. The van der Waals surface area contributed by atoms with E-state index in [1.807, 2.05) is 0 Å². The third-order valence-corrected chi connectivity index (χ3v) is 2.44. The molecule has 4 N–H and O–H groups in total. The van der Waals surface area contributed by atoms with Gasteiger partial charge < -0.3 is 20.4 Å². The van der Waals surface area contributed by atoms with Crippen molar-refractivity contribution in [2.45, 2.75) is 33.4 Å². The second-order valence-electron chi connectivity index (χ2n) is 3.21. The molecular weight excluding hydrogens is 198 g/mol. The summed E-state index contributed by atoms with van der Waals surface area (Å²) < 4.78 is 0. The van der Waals surface area contributed by atoms with Crippen molar-refractivity contribution in [3.05, 3.63) is 28.1 Å². The van der Waals surface area contributed by atoms with Crippen LogP contribution in [0.5, 0.6) is 0 Å². The van der Waals surface area contributed by atoms with Crippen molar-refractivity contribution in [1.82, 2.24) is 4.98 Å². The molecule has 0 fully saturated rings. The minimum absolute atomic E-state index is 0.243. The number of pyridine rings is 1. The van der Waals surface area contributed by atoms with Crippen LogP contribution in [0.4, 0.5) is 0 Å². The topological polar surface area (TPSA) is 93.8 Å². The van der Waals surface area contributed by atoms with Crippen LogP contribution in [0.1, 0.15) is 28.1 Å². The lowest BCUT2D eigenvalue weighted by molar-refractivity contribution is 0.236. The Hall–Kier alpha value is -1.01. The third-order valence-electron chi connectivity index (χ3n) is 2.44. The highest BCUT2D eigenvalue weighted by Crippen LogP contribution is 2.21. The minimum Gasteiger partial charge on any atom is -0.392 e. The zero-order valence-corrected chi connectivity index (χ0v) is 8.56. The minimum atomic E-state index is -0.313. The summed E-state index contributed by atoms with van der Waals surface area (Å²) in [6.07, 6.45) is 0. The number of hydrogen-bond acceptors (Lipinski definition) is 5. The smallest absolute Gasteiger partial charge is 0.0856 e. The van der Waals surface area contributed by atoms with E-state index in [0.29, 0.717) is 28.1 Å². The predicted molar refractivity (Wildman–Crippen MR) is 52.7 cm³/mol. The Kier molecular flexibility index (Phi) is 4.16. The first-order valence-corrected chi connectivity index (χ1v) is 4.63. The molecule has 0 spiro atoms. The standard InChI is InChI=1S/C10H15NO4/c1-6-7(2-12)8(3-13)9(4-14)10(5-15)11-6/h12-15H,2-5H2,1H3. The summed E-state index contributed by atoms with van der Waals surface area (Å²) in [5.41, 5.74) is 2.27. The van der Waals surface area contributed by atoms with Crippen LogP contribution in [-0.2, 0) is 26.4 Å². The first kappa shape index (κ1) is 12.1. The van der Waals surface area contributed by atoms with Crippen molar-refractivity contribution in [3.63, 3.8) is 0 Å². The van der Waals surface area contributed by atoms with E-state index in [2.05, 4.69) is 4.98 Å². The maximum atomic E-state index is 9.17. The Morgan fingerprint density at radius 3 is 1.73 bits per heavy atom. The summed E-state index contributed by atoms with van der Waals surface area (Å²) in [6, 6.07) is 0. The highest BCUT2D eigenvalue weighted by atomic mass is 16.3. The Morgan fingerprint density at radius 1 is 0.800 bits per heavy atom. The lowest BCUT2D eigenvalue weighted by Crippen LogP contribution is -2.10. The Labute approximate surface area is 87.7 Å². The zero-order valence-electron chi connectivity index (χ0n) is 8.56. The van der Waals surface area contributed by atoms with Crippen molar-refractivity contribution < 1.29 is 20.4 Å². The summed E-state index contributed by atoms with van der Waals surface area (Å²) in [5.74, 6) is 0. The molecule has 1 heterocycles. The molecule has 0 aliphatic rings. The van der Waals surface area contributed by atoms with Gasteiger partial charge >= 0.3 is 0 Å². The van der Waals surface area contributed by atoms with Gasteiger partial charge in [0.2, 0.25) is 0 Å². The first-order chi connectivity index (χ1) is 7.19. The van der Waals surface area contributed by atoms with E-state index in [0.717, 1.165) is 0 Å². The van der Waals surface area contributed by atoms with Crippen molar-refractivity contribution >= 4 is 0 Å². The molecule has 0 radical (unpaired) electrons. The number of hydrogen-bond donors (Lipinski definition) is 4. The fourth-order valence-corrected chi connectivity index (χ4v) is 1.63. The molecule has 0 aliphatic carbocycles. The van der Waals surface area contributed by atoms with E-state index < -0.39 is 0 Å². The van der Waals surface area contributed by atoms with Crippen LogP contribution in [0.25, 0.3) is 0 Å². The van der Waals surface area contributed by atoms with E-state index in [4.69, 9.17) is 15.3 Å². The SMILES string of the molecule is Cc1nc(CO)c(CO)c(CO)c1CO. The lowest BCUT2D eigenvalue weighted by Gasteiger charge is -2.15. The molecule has 0 saturated heterocycles. The molecule has 0 amide bonds.